The molecule has 0 radical (unpaired) electrons. The molecule has 0 aliphatic carbocycles. The molecule has 1 aromatic carbocycles. The zero-order valence-corrected chi connectivity index (χ0v) is 23.6. The average molecular weight is 616 g/mol. The van der Waals surface area contributed by atoms with Gasteiger partial charge in [0.2, 0.25) is 11.8 Å². The number of carbonyl (C=O) groups is 1. The van der Waals surface area contributed by atoms with Crippen molar-refractivity contribution in [2.24, 2.45) is 0 Å². The maximum Gasteiger partial charge on any atom is 0.509 e. The molecule has 2 aromatic heterocycles. The van der Waals surface area contributed by atoms with Crippen molar-refractivity contribution in [2.75, 3.05) is 25.6 Å². The second kappa shape index (κ2) is 10.3. The van der Waals surface area contributed by atoms with Crippen molar-refractivity contribution in [3.63, 3.8) is 0 Å². The molecule has 214 valence electrons. The Morgan fingerprint density at radius 2 is 2.02 bits per heavy atom. The Kier molecular flexibility index (Phi) is 7.06. The van der Waals surface area contributed by atoms with E-state index in [1.54, 1.807) is 36.6 Å². The third kappa shape index (κ3) is 4.87. The number of halogens is 2. The number of hydrogen-bond donors (Lipinski definition) is 1. The predicted molar refractivity (Wildman–Crippen MR) is 139 cm³/mol. The van der Waals surface area contributed by atoms with E-state index in [1.807, 2.05) is 0 Å². The highest BCUT2D eigenvalue weighted by Crippen LogP contribution is 2.58. The van der Waals surface area contributed by atoms with E-state index < -0.39 is 44.1 Å². The van der Waals surface area contributed by atoms with Gasteiger partial charge >= 0.3 is 14.0 Å². The number of benzene rings is 1. The summed E-state index contributed by atoms with van der Waals surface area (Å²) in [6.07, 6.45) is -2.51. The van der Waals surface area contributed by atoms with Crippen molar-refractivity contribution in [2.45, 2.75) is 50.4 Å². The van der Waals surface area contributed by atoms with Crippen LogP contribution in [0.4, 0.5) is 10.7 Å². The van der Waals surface area contributed by atoms with Crippen LogP contribution in [0.25, 0.3) is 11.2 Å². The average Bonchev–Trinajstić information content (AvgIpc) is 3.51. The smallest absolute Gasteiger partial charge is 0.476 e. The fourth-order valence-corrected chi connectivity index (χ4v) is 6.97. The minimum atomic E-state index is -4.05. The highest BCUT2D eigenvalue weighted by Gasteiger charge is 2.64. The number of phosphoric ester groups is 1. The molecule has 17 heteroatoms. The van der Waals surface area contributed by atoms with Crippen LogP contribution in [0.1, 0.15) is 38.2 Å². The number of fused-ring (bicyclic) bond motifs is 2. The number of aromatic nitrogens is 4. The second-order valence-corrected chi connectivity index (χ2v) is 11.9. The van der Waals surface area contributed by atoms with Gasteiger partial charge in [-0.05, 0) is 37.6 Å². The van der Waals surface area contributed by atoms with E-state index >= 15 is 0 Å². The summed E-state index contributed by atoms with van der Waals surface area (Å²) < 4.78 is 54.7. The molecule has 0 unspecified atom stereocenters. The topological polar surface area (TPSA) is 168 Å². The molecular weight excluding hydrogens is 592 g/mol. The number of carbonyl (C=O) groups excluding carboxylic acids is 1. The molecule has 0 saturated carbocycles. The number of nitrogens with two attached hydrogens (primary N) is 1. The fourth-order valence-electron chi connectivity index (χ4n) is 5.04. The van der Waals surface area contributed by atoms with Gasteiger partial charge in [0.05, 0.1) is 25.9 Å². The van der Waals surface area contributed by atoms with Crippen molar-refractivity contribution >= 4 is 54.3 Å². The Bertz CT molecular complexity index is 1510. The zero-order valence-electron chi connectivity index (χ0n) is 21.2. The molecule has 0 spiro atoms. The van der Waals surface area contributed by atoms with Crippen LogP contribution in [0.5, 0.6) is 5.88 Å². The third-order valence-corrected chi connectivity index (χ3v) is 8.62. The summed E-state index contributed by atoms with van der Waals surface area (Å²) in [6.45, 7) is 3.52. The van der Waals surface area contributed by atoms with Gasteiger partial charge in [-0.15, -0.1) is 0 Å². The molecule has 5 heterocycles. The van der Waals surface area contributed by atoms with Gasteiger partial charge in [-0.2, -0.15) is 9.97 Å². The predicted octanol–water partition coefficient (Wildman–Crippen LogP) is 4.61. The van der Waals surface area contributed by atoms with Gasteiger partial charge in [-0.1, -0.05) is 23.2 Å². The minimum absolute atomic E-state index is 0.0184. The van der Waals surface area contributed by atoms with Gasteiger partial charge < -0.3 is 24.7 Å². The van der Waals surface area contributed by atoms with Crippen molar-refractivity contribution in [3.05, 3.63) is 40.1 Å². The van der Waals surface area contributed by atoms with Crippen LogP contribution < -0.4 is 10.5 Å². The molecule has 6 atom stereocenters. The van der Waals surface area contributed by atoms with Gasteiger partial charge in [0, 0.05) is 16.5 Å². The van der Waals surface area contributed by atoms with Crippen LogP contribution in [0.3, 0.4) is 0 Å². The number of nitrogen functional groups attached to an aromatic ring is 1. The number of anilines is 1. The molecule has 2 N–H and O–H groups in total. The van der Waals surface area contributed by atoms with E-state index in [9.17, 15) is 9.36 Å². The van der Waals surface area contributed by atoms with E-state index in [0.717, 1.165) is 0 Å². The monoisotopic (exact) mass is 615 g/mol. The quantitative estimate of drug-likeness (QED) is 0.289. The third-order valence-electron chi connectivity index (χ3n) is 6.71. The fraction of sp³-hybridized carbons (Fsp3) is 0.478. The van der Waals surface area contributed by atoms with Gasteiger partial charge in [0.25, 0.3) is 0 Å². The Morgan fingerprint density at radius 3 is 2.77 bits per heavy atom. The SMILES string of the molecule is CCOc1nc(N)nc2ncn([C@@H]3O[C@H](CO[P@]4(=O)OCC[C@H](c5cc(Cl)cc(Cl)c5)O4)[C@H]4OC(=O)O[C@]43C)c12. The first-order valence-corrected chi connectivity index (χ1v) is 14.5. The normalized spacial score (nSPS) is 31.6. The second-order valence-electron chi connectivity index (χ2n) is 9.41. The molecular formula is C23H24Cl2N5O9P. The van der Waals surface area contributed by atoms with Crippen molar-refractivity contribution < 1.29 is 41.9 Å². The molecule has 3 saturated heterocycles. The minimum Gasteiger partial charge on any atom is -0.476 e. The Balaban J connectivity index is 1.25. The Labute approximate surface area is 237 Å². The molecule has 0 amide bonds. The summed E-state index contributed by atoms with van der Waals surface area (Å²) in [6, 6.07) is 4.92. The molecule has 40 heavy (non-hydrogen) atoms. The van der Waals surface area contributed by atoms with E-state index in [4.69, 9.17) is 61.5 Å². The van der Waals surface area contributed by atoms with Crippen molar-refractivity contribution in [1.82, 2.24) is 19.5 Å². The highest BCUT2D eigenvalue weighted by atomic mass is 35.5. The van der Waals surface area contributed by atoms with Crippen LogP contribution in [0, 0.1) is 0 Å². The van der Waals surface area contributed by atoms with Crippen LogP contribution in [-0.4, -0.2) is 63.3 Å². The lowest BCUT2D eigenvalue weighted by molar-refractivity contribution is -0.0924. The van der Waals surface area contributed by atoms with Crippen LogP contribution in [0.2, 0.25) is 10.0 Å². The summed E-state index contributed by atoms with van der Waals surface area (Å²) in [5, 5.41) is 0.822. The summed E-state index contributed by atoms with van der Waals surface area (Å²) >= 11 is 12.2. The van der Waals surface area contributed by atoms with Crippen LogP contribution in [-0.2, 0) is 32.3 Å². The number of phosphoric acid groups is 1. The van der Waals surface area contributed by atoms with Crippen molar-refractivity contribution in [3.8, 4) is 5.88 Å². The number of ether oxygens (including phenoxy) is 4. The maximum absolute atomic E-state index is 13.4. The van der Waals surface area contributed by atoms with Gasteiger partial charge in [0.15, 0.2) is 29.1 Å². The van der Waals surface area contributed by atoms with Gasteiger partial charge in [0.1, 0.15) is 12.4 Å². The van der Waals surface area contributed by atoms with E-state index in [1.165, 1.54) is 6.33 Å². The van der Waals surface area contributed by atoms with E-state index in [0.29, 0.717) is 34.2 Å². The van der Waals surface area contributed by atoms with Gasteiger partial charge in [-0.25, -0.2) is 14.3 Å². The summed E-state index contributed by atoms with van der Waals surface area (Å²) in [5.74, 6) is 0.159. The summed E-state index contributed by atoms with van der Waals surface area (Å²) in [5.41, 5.74) is 5.74. The van der Waals surface area contributed by atoms with Crippen molar-refractivity contribution in [1.29, 1.82) is 0 Å². The molecule has 3 aliphatic heterocycles. The summed E-state index contributed by atoms with van der Waals surface area (Å²) in [4.78, 5) is 24.9. The van der Waals surface area contributed by atoms with Gasteiger partial charge in [-0.3, -0.25) is 18.1 Å². The first-order valence-electron chi connectivity index (χ1n) is 12.3. The Hall–Kier alpha value is -2.71. The lowest BCUT2D eigenvalue weighted by Crippen LogP contribution is -2.42. The Morgan fingerprint density at radius 1 is 1.25 bits per heavy atom. The van der Waals surface area contributed by atoms with E-state index in [2.05, 4.69) is 15.0 Å². The lowest BCUT2D eigenvalue weighted by atomic mass is 9.96. The molecule has 3 aliphatic rings. The number of hydrogen-bond acceptors (Lipinski definition) is 13. The molecule has 3 aromatic rings. The highest BCUT2D eigenvalue weighted by molar-refractivity contribution is 7.48. The molecule has 3 fully saturated rings. The molecule has 6 rings (SSSR count). The standard InChI is InChI=1S/C23H24Cl2N5O9P/c1-3-33-19-16-18(28-21(26)29-19)27-10-30(16)20-23(2)17(37-22(31)38-23)15(36-20)9-35-40(32)34-5-4-14(39-40)11-6-12(24)8-13(25)7-11/h6-8,10,14-15,17,20H,3-5,9H2,1-2H3,(H2,26,28,29)/t14-,15-,17-,20-,23-,40+/m1/s1. The summed E-state index contributed by atoms with van der Waals surface area (Å²) in [7, 11) is -4.05. The van der Waals surface area contributed by atoms with E-state index in [-0.39, 0.29) is 30.7 Å². The largest absolute Gasteiger partial charge is 0.509 e. The van der Waals surface area contributed by atoms with Crippen LogP contribution in [0.15, 0.2) is 24.5 Å². The first-order chi connectivity index (χ1) is 19.1. The number of rotatable bonds is 7. The zero-order chi connectivity index (χ0) is 28.2. The maximum atomic E-state index is 13.4. The number of imidazole rings is 1. The lowest BCUT2D eigenvalue weighted by Gasteiger charge is -2.30. The molecule has 0 bridgehead atoms. The molecule has 14 nitrogen and oxygen atoms in total. The first kappa shape index (κ1) is 27.5. The number of nitrogens with zero attached hydrogens (tertiary/aromatic N) is 4. The van der Waals surface area contributed by atoms with Crippen LogP contribution >= 0.6 is 31.0 Å².